The molecular weight excluding hydrogens is 234 g/mol. The van der Waals surface area contributed by atoms with Crippen molar-refractivity contribution in [3.63, 3.8) is 0 Å². The fraction of sp³-hybridized carbons (Fsp3) is 0.571. The zero-order valence-corrected chi connectivity index (χ0v) is 12.1. The van der Waals surface area contributed by atoms with Crippen molar-refractivity contribution < 1.29 is 4.74 Å². The van der Waals surface area contributed by atoms with Crippen LogP contribution in [0.1, 0.15) is 37.9 Å². The van der Waals surface area contributed by atoms with Crippen molar-refractivity contribution in [3.8, 4) is 0 Å². The predicted molar refractivity (Wildman–Crippen MR) is 73.7 cm³/mol. The van der Waals surface area contributed by atoms with Crippen LogP contribution in [0.2, 0.25) is 5.02 Å². The predicted octanol–water partition coefficient (Wildman–Crippen LogP) is 3.72. The number of rotatable bonds is 4. The average Bonchev–Trinajstić information content (AvgIpc) is 2.22. The monoisotopic (exact) mass is 255 g/mol. The van der Waals surface area contributed by atoms with Crippen molar-refractivity contribution in [3.05, 3.63) is 34.3 Å². The summed E-state index contributed by atoms with van der Waals surface area (Å²) in [6.07, 6.45) is 0. The second-order valence-electron chi connectivity index (χ2n) is 5.27. The Morgan fingerprint density at radius 2 is 2.00 bits per heavy atom. The molecule has 0 saturated carbocycles. The van der Waals surface area contributed by atoms with E-state index in [1.807, 2.05) is 26.1 Å². The summed E-state index contributed by atoms with van der Waals surface area (Å²) in [4.78, 5) is 0. The number of hydrogen-bond donors (Lipinski definition) is 1. The summed E-state index contributed by atoms with van der Waals surface area (Å²) in [5.41, 5.74) is 2.14. The van der Waals surface area contributed by atoms with E-state index < -0.39 is 0 Å². The van der Waals surface area contributed by atoms with E-state index in [0.29, 0.717) is 6.61 Å². The van der Waals surface area contributed by atoms with Gasteiger partial charge in [-0.15, -0.1) is 0 Å². The molecule has 0 saturated heterocycles. The molecule has 0 aliphatic rings. The summed E-state index contributed by atoms with van der Waals surface area (Å²) in [6.45, 7) is 8.82. The Morgan fingerprint density at radius 3 is 2.47 bits per heavy atom. The third-order valence-electron chi connectivity index (χ3n) is 2.63. The lowest BCUT2D eigenvalue weighted by atomic mass is 10.1. The van der Waals surface area contributed by atoms with Crippen LogP contribution >= 0.6 is 11.6 Å². The third-order valence-corrected chi connectivity index (χ3v) is 3.04. The van der Waals surface area contributed by atoms with Crippen molar-refractivity contribution in [1.29, 1.82) is 0 Å². The van der Waals surface area contributed by atoms with Gasteiger partial charge in [0.2, 0.25) is 0 Å². The number of nitrogens with one attached hydrogen (secondary N) is 1. The maximum Gasteiger partial charge on any atom is 0.0668 e. The van der Waals surface area contributed by atoms with Crippen molar-refractivity contribution in [2.75, 3.05) is 13.7 Å². The van der Waals surface area contributed by atoms with Crippen molar-refractivity contribution in [2.24, 2.45) is 0 Å². The van der Waals surface area contributed by atoms with E-state index >= 15 is 0 Å². The summed E-state index contributed by atoms with van der Waals surface area (Å²) >= 11 is 6.14. The SMILES string of the molecule is CNC(COC(C)(C)C)c1ccc(C)c(Cl)c1. The Balaban J connectivity index is 2.76. The molecule has 1 N–H and O–H groups in total. The Bertz CT molecular complexity index is 371. The van der Waals surface area contributed by atoms with Crippen LogP contribution in [0.3, 0.4) is 0 Å². The van der Waals surface area contributed by atoms with Gasteiger partial charge in [-0.3, -0.25) is 0 Å². The van der Waals surface area contributed by atoms with E-state index in [0.717, 1.165) is 16.1 Å². The first-order valence-corrected chi connectivity index (χ1v) is 6.28. The van der Waals surface area contributed by atoms with Gasteiger partial charge in [0.15, 0.2) is 0 Å². The molecule has 1 aromatic rings. The number of ether oxygens (including phenoxy) is 1. The van der Waals surface area contributed by atoms with Crippen LogP contribution in [0.5, 0.6) is 0 Å². The number of halogens is 1. The molecule has 0 radical (unpaired) electrons. The molecule has 0 heterocycles. The molecule has 17 heavy (non-hydrogen) atoms. The third kappa shape index (κ3) is 4.66. The molecule has 0 aromatic heterocycles. The smallest absolute Gasteiger partial charge is 0.0668 e. The minimum atomic E-state index is -0.121. The molecule has 1 unspecified atom stereocenters. The van der Waals surface area contributed by atoms with E-state index in [-0.39, 0.29) is 11.6 Å². The van der Waals surface area contributed by atoms with E-state index in [1.54, 1.807) is 0 Å². The Hall–Kier alpha value is -0.570. The molecule has 1 atom stereocenters. The molecule has 0 aliphatic carbocycles. The first-order valence-electron chi connectivity index (χ1n) is 5.91. The highest BCUT2D eigenvalue weighted by Crippen LogP contribution is 2.22. The van der Waals surface area contributed by atoms with Crippen LogP contribution in [-0.4, -0.2) is 19.3 Å². The van der Waals surface area contributed by atoms with E-state index in [4.69, 9.17) is 16.3 Å². The van der Waals surface area contributed by atoms with Gasteiger partial charge in [0.05, 0.1) is 18.2 Å². The van der Waals surface area contributed by atoms with Crippen LogP contribution in [-0.2, 0) is 4.74 Å². The zero-order valence-electron chi connectivity index (χ0n) is 11.3. The number of hydrogen-bond acceptors (Lipinski definition) is 2. The summed E-state index contributed by atoms with van der Waals surface area (Å²) in [6, 6.07) is 6.31. The van der Waals surface area contributed by atoms with Gasteiger partial charge < -0.3 is 10.1 Å². The quantitative estimate of drug-likeness (QED) is 0.885. The van der Waals surface area contributed by atoms with Gasteiger partial charge in [0.25, 0.3) is 0 Å². The fourth-order valence-electron chi connectivity index (χ4n) is 1.51. The molecule has 2 nitrogen and oxygen atoms in total. The molecule has 0 aliphatic heterocycles. The van der Waals surface area contributed by atoms with Crippen molar-refractivity contribution in [2.45, 2.75) is 39.3 Å². The maximum atomic E-state index is 6.14. The highest BCUT2D eigenvalue weighted by molar-refractivity contribution is 6.31. The first kappa shape index (κ1) is 14.5. The van der Waals surface area contributed by atoms with Gasteiger partial charge >= 0.3 is 0 Å². The standard InChI is InChI=1S/C14H22ClNO/c1-10-6-7-11(8-12(10)15)13(16-5)9-17-14(2,3)4/h6-8,13,16H,9H2,1-5H3. The Morgan fingerprint density at radius 1 is 1.35 bits per heavy atom. The molecule has 96 valence electrons. The van der Waals surface area contributed by atoms with Crippen LogP contribution in [0.4, 0.5) is 0 Å². The van der Waals surface area contributed by atoms with Crippen LogP contribution in [0.25, 0.3) is 0 Å². The topological polar surface area (TPSA) is 21.3 Å². The minimum absolute atomic E-state index is 0.121. The molecule has 1 rings (SSSR count). The second kappa shape index (κ2) is 5.85. The van der Waals surface area contributed by atoms with Gasteiger partial charge in [-0.1, -0.05) is 23.7 Å². The van der Waals surface area contributed by atoms with Gasteiger partial charge in [0.1, 0.15) is 0 Å². The average molecular weight is 256 g/mol. The molecule has 3 heteroatoms. The van der Waals surface area contributed by atoms with Crippen molar-refractivity contribution in [1.82, 2.24) is 5.32 Å². The minimum Gasteiger partial charge on any atom is -0.374 e. The van der Waals surface area contributed by atoms with Gasteiger partial charge in [-0.05, 0) is 51.9 Å². The molecule has 0 fully saturated rings. The van der Waals surface area contributed by atoms with Crippen LogP contribution in [0, 0.1) is 6.92 Å². The van der Waals surface area contributed by atoms with E-state index in [9.17, 15) is 0 Å². The zero-order chi connectivity index (χ0) is 13.1. The molecular formula is C14H22ClNO. The van der Waals surface area contributed by atoms with Gasteiger partial charge in [0, 0.05) is 5.02 Å². The van der Waals surface area contributed by atoms with Crippen LogP contribution in [0.15, 0.2) is 18.2 Å². The maximum absolute atomic E-state index is 6.14. The lowest BCUT2D eigenvalue weighted by molar-refractivity contribution is -0.0139. The van der Waals surface area contributed by atoms with Crippen molar-refractivity contribution >= 4 is 11.6 Å². The highest BCUT2D eigenvalue weighted by atomic mass is 35.5. The summed E-state index contributed by atoms with van der Waals surface area (Å²) < 4.78 is 5.80. The molecule has 0 bridgehead atoms. The summed E-state index contributed by atoms with van der Waals surface area (Å²) in [7, 11) is 1.93. The highest BCUT2D eigenvalue weighted by Gasteiger charge is 2.16. The largest absolute Gasteiger partial charge is 0.374 e. The molecule has 1 aromatic carbocycles. The lowest BCUT2D eigenvalue weighted by Gasteiger charge is -2.24. The summed E-state index contributed by atoms with van der Waals surface area (Å²) in [5.74, 6) is 0. The molecule has 0 spiro atoms. The normalized spacial score (nSPS) is 13.8. The van der Waals surface area contributed by atoms with Crippen LogP contribution < -0.4 is 5.32 Å². The fourth-order valence-corrected chi connectivity index (χ4v) is 1.69. The van der Waals surface area contributed by atoms with Gasteiger partial charge in [-0.2, -0.15) is 0 Å². The number of benzene rings is 1. The van der Waals surface area contributed by atoms with Gasteiger partial charge in [-0.25, -0.2) is 0 Å². The van der Waals surface area contributed by atoms with E-state index in [1.165, 1.54) is 0 Å². The number of aryl methyl sites for hydroxylation is 1. The molecule has 0 amide bonds. The first-order chi connectivity index (χ1) is 7.83. The lowest BCUT2D eigenvalue weighted by Crippen LogP contribution is -2.28. The Labute approximate surface area is 109 Å². The summed E-state index contributed by atoms with van der Waals surface area (Å²) in [5, 5.41) is 4.06. The number of likely N-dealkylation sites (N-methyl/N-ethyl adjacent to an activating group) is 1. The van der Waals surface area contributed by atoms with E-state index in [2.05, 4.69) is 32.2 Å². The Kier molecular flexibility index (Phi) is 4.99. The second-order valence-corrected chi connectivity index (χ2v) is 5.68.